The Labute approximate surface area is 86.5 Å². The molecule has 0 saturated carbocycles. The van der Waals surface area contributed by atoms with E-state index in [1.54, 1.807) is 0 Å². The molecule has 0 aromatic heterocycles. The minimum Gasteiger partial charge on any atom is -0.330 e. The summed E-state index contributed by atoms with van der Waals surface area (Å²) in [5.74, 6) is 0. The molecule has 0 rings (SSSR count). The zero-order valence-corrected chi connectivity index (χ0v) is 8.71. The number of hydrogen-bond donors (Lipinski definition) is 2. The van der Waals surface area contributed by atoms with Crippen molar-refractivity contribution in [3.8, 4) is 12.1 Å². The van der Waals surface area contributed by atoms with Crippen LogP contribution in [0.25, 0.3) is 0 Å². The first-order valence-corrected chi connectivity index (χ1v) is 4.97. The minimum absolute atomic E-state index is 0.358. The van der Waals surface area contributed by atoms with E-state index in [0.717, 1.165) is 25.9 Å². The lowest BCUT2D eigenvalue weighted by molar-refractivity contribution is 0.653. The van der Waals surface area contributed by atoms with Crippen molar-refractivity contribution in [3.63, 3.8) is 0 Å². The maximum atomic E-state index is 7.80. The van der Waals surface area contributed by atoms with Crippen LogP contribution in [0.1, 0.15) is 38.5 Å². The SMILES string of the molecule is N#CCCC#N.NCCCCCCN. The maximum Gasteiger partial charge on any atom is 0.0632 e. The predicted octanol–water partition coefficient (Wildman–Crippen LogP) is 1.28. The van der Waals surface area contributed by atoms with Crippen molar-refractivity contribution in [1.29, 1.82) is 10.5 Å². The molecular weight excluding hydrogens is 176 g/mol. The van der Waals surface area contributed by atoms with Crippen molar-refractivity contribution in [2.45, 2.75) is 38.5 Å². The van der Waals surface area contributed by atoms with Gasteiger partial charge in [0, 0.05) is 12.8 Å². The van der Waals surface area contributed by atoms with Gasteiger partial charge in [-0.3, -0.25) is 0 Å². The number of rotatable bonds is 6. The van der Waals surface area contributed by atoms with Crippen molar-refractivity contribution in [3.05, 3.63) is 0 Å². The molecule has 4 nitrogen and oxygen atoms in total. The van der Waals surface area contributed by atoms with E-state index in [1.807, 2.05) is 12.1 Å². The van der Waals surface area contributed by atoms with Gasteiger partial charge in [-0.1, -0.05) is 12.8 Å². The van der Waals surface area contributed by atoms with Crippen LogP contribution in [0.2, 0.25) is 0 Å². The van der Waals surface area contributed by atoms with E-state index in [9.17, 15) is 0 Å². The first-order chi connectivity index (χ1) is 6.83. The first-order valence-electron chi connectivity index (χ1n) is 4.97. The molecule has 80 valence electrons. The zero-order valence-electron chi connectivity index (χ0n) is 8.71. The largest absolute Gasteiger partial charge is 0.330 e. The highest BCUT2D eigenvalue weighted by Crippen LogP contribution is 1.95. The third-order valence-electron chi connectivity index (χ3n) is 1.51. The lowest BCUT2D eigenvalue weighted by Gasteiger charge is -1.94. The molecule has 0 aromatic rings. The van der Waals surface area contributed by atoms with Crippen LogP contribution in [0.15, 0.2) is 0 Å². The van der Waals surface area contributed by atoms with Crippen LogP contribution in [0.4, 0.5) is 0 Å². The molecule has 4 N–H and O–H groups in total. The Morgan fingerprint density at radius 2 is 1.07 bits per heavy atom. The number of nitrogens with zero attached hydrogens (tertiary/aromatic N) is 2. The standard InChI is InChI=1S/C6H16N2.C4H4N2/c7-5-3-1-2-4-6-8;5-3-1-2-4-6/h1-8H2;1-2H2. The van der Waals surface area contributed by atoms with Gasteiger partial charge in [-0.2, -0.15) is 10.5 Å². The summed E-state index contributed by atoms with van der Waals surface area (Å²) in [7, 11) is 0. The normalized spacial score (nSPS) is 8.00. The molecule has 0 radical (unpaired) electrons. The molecule has 0 atom stereocenters. The van der Waals surface area contributed by atoms with Gasteiger partial charge in [0.15, 0.2) is 0 Å². The molecule has 0 heterocycles. The van der Waals surface area contributed by atoms with Crippen molar-refractivity contribution in [2.24, 2.45) is 11.5 Å². The van der Waals surface area contributed by atoms with Gasteiger partial charge in [0.1, 0.15) is 0 Å². The molecule has 0 aliphatic heterocycles. The summed E-state index contributed by atoms with van der Waals surface area (Å²) in [4.78, 5) is 0. The monoisotopic (exact) mass is 196 g/mol. The summed E-state index contributed by atoms with van der Waals surface area (Å²) in [5.41, 5.74) is 10.6. The topological polar surface area (TPSA) is 99.6 Å². The summed E-state index contributed by atoms with van der Waals surface area (Å²) in [5, 5.41) is 15.6. The number of nitrogens with two attached hydrogens (primary N) is 2. The van der Waals surface area contributed by atoms with E-state index < -0.39 is 0 Å². The number of unbranched alkanes of at least 4 members (excludes halogenated alkanes) is 4. The van der Waals surface area contributed by atoms with Crippen LogP contribution < -0.4 is 11.5 Å². The second-order valence-electron chi connectivity index (χ2n) is 2.81. The van der Waals surface area contributed by atoms with Crippen LogP contribution in [-0.2, 0) is 0 Å². The third-order valence-corrected chi connectivity index (χ3v) is 1.51. The molecule has 0 bridgehead atoms. The molecule has 4 heteroatoms. The van der Waals surface area contributed by atoms with E-state index in [0.29, 0.717) is 12.8 Å². The minimum atomic E-state index is 0.358. The van der Waals surface area contributed by atoms with Crippen LogP contribution in [0.5, 0.6) is 0 Å². The summed E-state index contributed by atoms with van der Waals surface area (Å²) in [6.45, 7) is 1.65. The van der Waals surface area contributed by atoms with Crippen molar-refractivity contribution >= 4 is 0 Å². The van der Waals surface area contributed by atoms with E-state index in [4.69, 9.17) is 22.0 Å². The van der Waals surface area contributed by atoms with Gasteiger partial charge < -0.3 is 11.5 Å². The highest BCUT2D eigenvalue weighted by molar-refractivity contribution is 4.78. The summed E-state index contributed by atoms with van der Waals surface area (Å²) >= 11 is 0. The fourth-order valence-corrected chi connectivity index (χ4v) is 0.754. The first kappa shape index (κ1) is 15.4. The quantitative estimate of drug-likeness (QED) is 0.625. The van der Waals surface area contributed by atoms with Gasteiger partial charge >= 0.3 is 0 Å². The summed E-state index contributed by atoms with van der Waals surface area (Å²) < 4.78 is 0. The second-order valence-corrected chi connectivity index (χ2v) is 2.81. The molecule has 0 aliphatic carbocycles. The Morgan fingerprint density at radius 3 is 1.29 bits per heavy atom. The number of nitriles is 2. The Balaban J connectivity index is 0. The van der Waals surface area contributed by atoms with Crippen LogP contribution in [0, 0.1) is 22.7 Å². The Bertz CT molecular complexity index is 146. The molecule has 14 heavy (non-hydrogen) atoms. The van der Waals surface area contributed by atoms with E-state index in [-0.39, 0.29) is 0 Å². The maximum absolute atomic E-state index is 7.80. The molecule has 0 saturated heterocycles. The van der Waals surface area contributed by atoms with E-state index >= 15 is 0 Å². The average molecular weight is 196 g/mol. The Morgan fingerprint density at radius 1 is 0.714 bits per heavy atom. The number of hydrogen-bond acceptors (Lipinski definition) is 4. The van der Waals surface area contributed by atoms with Crippen molar-refractivity contribution in [1.82, 2.24) is 0 Å². The zero-order chi connectivity index (χ0) is 11.1. The Kier molecular flexibility index (Phi) is 19.6. The Hall–Kier alpha value is -1.10. The van der Waals surface area contributed by atoms with Crippen LogP contribution >= 0.6 is 0 Å². The lowest BCUT2D eigenvalue weighted by atomic mass is 10.2. The highest BCUT2D eigenvalue weighted by Gasteiger charge is 1.83. The van der Waals surface area contributed by atoms with Gasteiger partial charge in [-0.15, -0.1) is 0 Å². The van der Waals surface area contributed by atoms with Gasteiger partial charge in [0.25, 0.3) is 0 Å². The second kappa shape index (κ2) is 17.8. The molecule has 0 aliphatic rings. The fraction of sp³-hybridized carbons (Fsp3) is 0.800. The fourth-order valence-electron chi connectivity index (χ4n) is 0.754. The van der Waals surface area contributed by atoms with Gasteiger partial charge in [0.05, 0.1) is 12.1 Å². The van der Waals surface area contributed by atoms with Crippen LogP contribution in [0.3, 0.4) is 0 Å². The van der Waals surface area contributed by atoms with E-state index in [1.165, 1.54) is 12.8 Å². The lowest BCUT2D eigenvalue weighted by Crippen LogP contribution is -2.00. The van der Waals surface area contributed by atoms with Gasteiger partial charge in [-0.05, 0) is 25.9 Å². The molecule has 0 amide bonds. The average Bonchev–Trinajstić information content (AvgIpc) is 2.22. The molecular formula is C10H20N4. The third kappa shape index (κ3) is 22.4. The highest BCUT2D eigenvalue weighted by atomic mass is 14.5. The van der Waals surface area contributed by atoms with Crippen molar-refractivity contribution < 1.29 is 0 Å². The smallest absolute Gasteiger partial charge is 0.0632 e. The molecule has 0 spiro atoms. The van der Waals surface area contributed by atoms with Gasteiger partial charge in [0.2, 0.25) is 0 Å². The molecule has 0 aromatic carbocycles. The predicted molar refractivity (Wildman–Crippen MR) is 57.0 cm³/mol. The molecule has 0 fully saturated rings. The van der Waals surface area contributed by atoms with E-state index in [2.05, 4.69) is 0 Å². The van der Waals surface area contributed by atoms with Crippen molar-refractivity contribution in [2.75, 3.05) is 13.1 Å². The summed E-state index contributed by atoms with van der Waals surface area (Å²) in [6.07, 6.45) is 5.51. The molecule has 0 unspecified atom stereocenters. The van der Waals surface area contributed by atoms with Crippen LogP contribution in [-0.4, -0.2) is 13.1 Å². The van der Waals surface area contributed by atoms with Gasteiger partial charge in [-0.25, -0.2) is 0 Å². The summed E-state index contributed by atoms with van der Waals surface area (Å²) in [6, 6.07) is 3.69.